The van der Waals surface area contributed by atoms with Crippen LogP contribution in [0.15, 0.2) is 18.2 Å². The Labute approximate surface area is 148 Å². The Hall–Kier alpha value is -2.08. The summed E-state index contributed by atoms with van der Waals surface area (Å²) in [4.78, 5) is 2.09. The van der Waals surface area contributed by atoms with Crippen molar-refractivity contribution in [1.29, 1.82) is 0 Å². The summed E-state index contributed by atoms with van der Waals surface area (Å²) in [5.41, 5.74) is 3.20. The SMILES string of the molecule is CC(C)c1nn(C)c(N(C)C)c1CN[C@H]1CCOc2c(F)cccc21. The minimum Gasteiger partial charge on any atom is -0.490 e. The maximum absolute atomic E-state index is 14.0. The van der Waals surface area contributed by atoms with Crippen LogP contribution in [0.2, 0.25) is 0 Å². The van der Waals surface area contributed by atoms with Gasteiger partial charge in [-0.05, 0) is 12.0 Å². The molecule has 6 heteroatoms. The van der Waals surface area contributed by atoms with E-state index in [2.05, 4.69) is 24.1 Å². The molecule has 1 N–H and O–H groups in total. The molecule has 1 aromatic heterocycles. The van der Waals surface area contributed by atoms with Crippen LogP contribution in [-0.2, 0) is 13.6 Å². The van der Waals surface area contributed by atoms with Gasteiger partial charge in [0.15, 0.2) is 11.6 Å². The fourth-order valence-electron chi connectivity index (χ4n) is 3.60. The van der Waals surface area contributed by atoms with Gasteiger partial charge in [0.25, 0.3) is 0 Å². The topological polar surface area (TPSA) is 42.3 Å². The summed E-state index contributed by atoms with van der Waals surface area (Å²) in [6.07, 6.45) is 0.824. The predicted molar refractivity (Wildman–Crippen MR) is 97.7 cm³/mol. The lowest BCUT2D eigenvalue weighted by Crippen LogP contribution is -2.28. The Morgan fingerprint density at radius 1 is 1.40 bits per heavy atom. The molecule has 2 aromatic rings. The third-order valence-electron chi connectivity index (χ3n) is 4.66. The highest BCUT2D eigenvalue weighted by atomic mass is 19.1. The quantitative estimate of drug-likeness (QED) is 0.901. The van der Waals surface area contributed by atoms with Crippen LogP contribution in [0.5, 0.6) is 5.75 Å². The molecule has 136 valence electrons. The second kappa shape index (κ2) is 7.04. The lowest BCUT2D eigenvalue weighted by atomic mass is 9.99. The van der Waals surface area contributed by atoms with Crippen LogP contribution in [0.25, 0.3) is 0 Å². The van der Waals surface area contributed by atoms with E-state index in [4.69, 9.17) is 9.84 Å². The second-order valence-corrected chi connectivity index (χ2v) is 7.09. The van der Waals surface area contributed by atoms with E-state index in [9.17, 15) is 4.39 Å². The molecular weight excluding hydrogens is 319 g/mol. The van der Waals surface area contributed by atoms with Crippen molar-refractivity contribution in [2.45, 2.75) is 38.8 Å². The van der Waals surface area contributed by atoms with Crippen molar-refractivity contribution in [2.75, 3.05) is 25.6 Å². The molecule has 0 saturated heterocycles. The number of aromatic nitrogens is 2. The summed E-state index contributed by atoms with van der Waals surface area (Å²) in [6.45, 7) is 5.53. The average Bonchev–Trinajstić information content (AvgIpc) is 2.90. The highest BCUT2D eigenvalue weighted by Gasteiger charge is 2.26. The molecule has 3 rings (SSSR count). The van der Waals surface area contributed by atoms with Crippen LogP contribution in [0.3, 0.4) is 0 Å². The Balaban J connectivity index is 1.87. The van der Waals surface area contributed by atoms with E-state index in [0.717, 1.165) is 23.5 Å². The van der Waals surface area contributed by atoms with Gasteiger partial charge in [0.1, 0.15) is 5.82 Å². The third-order valence-corrected chi connectivity index (χ3v) is 4.66. The highest BCUT2D eigenvalue weighted by Crippen LogP contribution is 2.35. The van der Waals surface area contributed by atoms with Gasteiger partial charge < -0.3 is 15.0 Å². The van der Waals surface area contributed by atoms with Crippen LogP contribution in [0.4, 0.5) is 10.2 Å². The predicted octanol–water partition coefficient (Wildman–Crippen LogP) is 3.36. The normalized spacial score (nSPS) is 16.7. The molecule has 1 atom stereocenters. The highest BCUT2D eigenvalue weighted by molar-refractivity contribution is 5.50. The number of nitrogens with zero attached hydrogens (tertiary/aromatic N) is 3. The summed E-state index contributed by atoms with van der Waals surface area (Å²) in [7, 11) is 6.04. The number of halogens is 1. The number of hydrogen-bond donors (Lipinski definition) is 1. The van der Waals surface area contributed by atoms with Gasteiger partial charge in [-0.3, -0.25) is 4.68 Å². The Morgan fingerprint density at radius 2 is 2.16 bits per heavy atom. The van der Waals surface area contributed by atoms with Gasteiger partial charge in [0, 0.05) is 51.3 Å². The van der Waals surface area contributed by atoms with Crippen LogP contribution in [-0.4, -0.2) is 30.5 Å². The van der Waals surface area contributed by atoms with Crippen LogP contribution in [0, 0.1) is 5.82 Å². The number of ether oxygens (including phenoxy) is 1. The second-order valence-electron chi connectivity index (χ2n) is 7.09. The largest absolute Gasteiger partial charge is 0.490 e. The Bertz CT molecular complexity index is 754. The number of benzene rings is 1. The van der Waals surface area contributed by atoms with Gasteiger partial charge in [0.2, 0.25) is 0 Å². The zero-order valence-corrected chi connectivity index (χ0v) is 15.6. The maximum atomic E-state index is 14.0. The van der Waals surface area contributed by atoms with Gasteiger partial charge in [-0.1, -0.05) is 26.0 Å². The van der Waals surface area contributed by atoms with Crippen LogP contribution < -0.4 is 15.0 Å². The van der Waals surface area contributed by atoms with E-state index < -0.39 is 0 Å². The molecule has 0 aliphatic carbocycles. The average molecular weight is 346 g/mol. The van der Waals surface area contributed by atoms with E-state index in [1.165, 1.54) is 11.6 Å². The molecule has 1 aliphatic rings. The molecule has 0 unspecified atom stereocenters. The number of fused-ring (bicyclic) bond motifs is 1. The van der Waals surface area contributed by atoms with Gasteiger partial charge in [-0.15, -0.1) is 0 Å². The molecule has 1 aliphatic heterocycles. The van der Waals surface area contributed by atoms with Crippen molar-refractivity contribution >= 4 is 5.82 Å². The lowest BCUT2D eigenvalue weighted by Gasteiger charge is -2.27. The van der Waals surface area contributed by atoms with Gasteiger partial charge in [-0.25, -0.2) is 4.39 Å². The maximum Gasteiger partial charge on any atom is 0.165 e. The summed E-state index contributed by atoms with van der Waals surface area (Å²) in [5.74, 6) is 1.54. The van der Waals surface area contributed by atoms with E-state index in [0.29, 0.717) is 24.8 Å². The third kappa shape index (κ3) is 3.35. The fraction of sp³-hybridized carbons (Fsp3) is 0.526. The van der Waals surface area contributed by atoms with Crippen molar-refractivity contribution in [3.8, 4) is 5.75 Å². The van der Waals surface area contributed by atoms with Crippen molar-refractivity contribution in [2.24, 2.45) is 7.05 Å². The zero-order chi connectivity index (χ0) is 18.1. The molecular formula is C19H27FN4O. The summed E-state index contributed by atoms with van der Waals surface area (Å²) < 4.78 is 21.4. The van der Waals surface area contributed by atoms with E-state index in [1.54, 1.807) is 6.07 Å². The molecule has 5 nitrogen and oxygen atoms in total. The molecule has 0 amide bonds. The number of para-hydroxylation sites is 1. The summed E-state index contributed by atoms with van der Waals surface area (Å²) >= 11 is 0. The van der Waals surface area contributed by atoms with Crippen LogP contribution >= 0.6 is 0 Å². The summed E-state index contributed by atoms with van der Waals surface area (Å²) in [5, 5.41) is 8.30. The Kier molecular flexibility index (Phi) is 4.99. The minimum atomic E-state index is -0.290. The number of nitrogens with one attached hydrogen (secondary N) is 1. The zero-order valence-electron chi connectivity index (χ0n) is 15.6. The fourth-order valence-corrected chi connectivity index (χ4v) is 3.60. The molecule has 1 aromatic carbocycles. The first-order chi connectivity index (χ1) is 11.9. The summed E-state index contributed by atoms with van der Waals surface area (Å²) in [6, 6.07) is 5.21. The number of hydrogen-bond acceptors (Lipinski definition) is 4. The number of anilines is 1. The van der Waals surface area contributed by atoms with E-state index >= 15 is 0 Å². The molecule has 0 radical (unpaired) electrons. The minimum absolute atomic E-state index is 0.0784. The lowest BCUT2D eigenvalue weighted by molar-refractivity contribution is 0.240. The molecule has 0 bridgehead atoms. The first-order valence-corrected chi connectivity index (χ1v) is 8.77. The van der Waals surface area contributed by atoms with Gasteiger partial charge in [0.05, 0.1) is 12.3 Å². The van der Waals surface area contributed by atoms with Crippen molar-refractivity contribution in [1.82, 2.24) is 15.1 Å². The molecule has 2 heterocycles. The van der Waals surface area contributed by atoms with Crippen molar-refractivity contribution < 1.29 is 9.13 Å². The van der Waals surface area contributed by atoms with Crippen LogP contribution in [0.1, 0.15) is 49.0 Å². The van der Waals surface area contributed by atoms with Crippen molar-refractivity contribution in [3.63, 3.8) is 0 Å². The molecule has 0 fully saturated rings. The van der Waals surface area contributed by atoms with Gasteiger partial charge in [-0.2, -0.15) is 5.10 Å². The standard InChI is InChI=1S/C19H27FN4O/c1-12(2)17-14(19(23(3)4)24(5)22-17)11-21-16-9-10-25-18-13(16)7-6-8-15(18)20/h6-8,12,16,21H,9-11H2,1-5H3/t16-/m0/s1. The first kappa shape index (κ1) is 17.7. The Morgan fingerprint density at radius 3 is 2.84 bits per heavy atom. The molecule has 25 heavy (non-hydrogen) atoms. The number of aryl methyl sites for hydroxylation is 1. The molecule has 0 saturated carbocycles. The number of rotatable bonds is 5. The monoisotopic (exact) mass is 346 g/mol. The van der Waals surface area contributed by atoms with E-state index in [1.807, 2.05) is 31.9 Å². The van der Waals surface area contributed by atoms with Crippen molar-refractivity contribution in [3.05, 3.63) is 40.8 Å². The van der Waals surface area contributed by atoms with E-state index in [-0.39, 0.29) is 11.9 Å². The van der Waals surface area contributed by atoms with Gasteiger partial charge >= 0.3 is 0 Å². The smallest absolute Gasteiger partial charge is 0.165 e. The molecule has 0 spiro atoms. The first-order valence-electron chi connectivity index (χ1n) is 8.77.